The van der Waals surface area contributed by atoms with Crippen molar-refractivity contribution < 1.29 is 0 Å². The number of pyridine rings is 1. The van der Waals surface area contributed by atoms with E-state index in [1.807, 2.05) is 36.7 Å². The summed E-state index contributed by atoms with van der Waals surface area (Å²) >= 11 is 1.68. The molecule has 4 aromatic rings. The Kier molecular flexibility index (Phi) is 3.57. The fourth-order valence-corrected chi connectivity index (χ4v) is 3.99. The first-order valence-electron chi connectivity index (χ1n) is 8.39. The van der Waals surface area contributed by atoms with E-state index in [4.69, 9.17) is 9.97 Å². The van der Waals surface area contributed by atoms with Crippen molar-refractivity contribution in [2.24, 2.45) is 0 Å². The van der Waals surface area contributed by atoms with Crippen molar-refractivity contribution in [2.45, 2.75) is 19.5 Å². The summed E-state index contributed by atoms with van der Waals surface area (Å²) in [4.78, 5) is 17.6. The molecule has 124 valence electrons. The predicted molar refractivity (Wildman–Crippen MR) is 98.4 cm³/mol. The molecule has 6 heteroatoms. The van der Waals surface area contributed by atoms with Crippen LogP contribution in [0.4, 0.5) is 0 Å². The summed E-state index contributed by atoms with van der Waals surface area (Å²) in [6, 6.07) is 10.2. The predicted octanol–water partition coefficient (Wildman–Crippen LogP) is 3.41. The number of aromatic nitrogens is 4. The Morgan fingerprint density at radius 1 is 1.12 bits per heavy atom. The second kappa shape index (κ2) is 6.06. The van der Waals surface area contributed by atoms with Crippen LogP contribution in [0, 0.1) is 0 Å². The van der Waals surface area contributed by atoms with Crippen LogP contribution in [-0.4, -0.2) is 30.8 Å². The number of hydrogen-bond acceptors (Lipinski definition) is 5. The van der Waals surface area contributed by atoms with Crippen LogP contribution >= 0.6 is 11.3 Å². The number of rotatable bonds is 3. The number of imidazole rings is 1. The molecule has 0 unspecified atom stereocenters. The molecule has 4 aromatic heterocycles. The van der Waals surface area contributed by atoms with Crippen LogP contribution in [-0.2, 0) is 19.5 Å². The number of hydrogen-bond donors (Lipinski definition) is 0. The second-order valence-electron chi connectivity index (χ2n) is 6.30. The lowest BCUT2D eigenvalue weighted by Gasteiger charge is -2.27. The van der Waals surface area contributed by atoms with Crippen molar-refractivity contribution in [3.05, 3.63) is 71.3 Å². The monoisotopic (exact) mass is 347 g/mol. The van der Waals surface area contributed by atoms with E-state index in [0.29, 0.717) is 0 Å². The van der Waals surface area contributed by atoms with Crippen molar-refractivity contribution >= 4 is 17.0 Å². The Morgan fingerprint density at radius 3 is 3.00 bits per heavy atom. The molecule has 0 aliphatic carbocycles. The van der Waals surface area contributed by atoms with E-state index in [1.54, 1.807) is 11.3 Å². The summed E-state index contributed by atoms with van der Waals surface area (Å²) in [6.45, 7) is 2.74. The van der Waals surface area contributed by atoms with Gasteiger partial charge >= 0.3 is 0 Å². The lowest BCUT2D eigenvalue weighted by molar-refractivity contribution is 0.240. The lowest BCUT2D eigenvalue weighted by Crippen LogP contribution is -2.31. The van der Waals surface area contributed by atoms with E-state index < -0.39 is 0 Å². The summed E-state index contributed by atoms with van der Waals surface area (Å²) in [5.41, 5.74) is 4.52. The molecule has 5 heterocycles. The highest BCUT2D eigenvalue weighted by Crippen LogP contribution is 2.24. The summed E-state index contributed by atoms with van der Waals surface area (Å²) in [6.07, 6.45) is 7.11. The van der Waals surface area contributed by atoms with Crippen LogP contribution < -0.4 is 0 Å². The Hall–Kier alpha value is -2.57. The van der Waals surface area contributed by atoms with Gasteiger partial charge in [-0.05, 0) is 23.6 Å². The first kappa shape index (κ1) is 14.7. The smallest absolute Gasteiger partial charge is 0.169 e. The molecule has 0 saturated heterocycles. The van der Waals surface area contributed by atoms with E-state index >= 15 is 0 Å². The molecule has 5 nitrogen and oxygen atoms in total. The van der Waals surface area contributed by atoms with Gasteiger partial charge in [0.2, 0.25) is 0 Å². The Balaban J connectivity index is 1.35. The largest absolute Gasteiger partial charge is 0.307 e. The van der Waals surface area contributed by atoms with Crippen LogP contribution in [0.1, 0.15) is 17.0 Å². The zero-order chi connectivity index (χ0) is 16.6. The summed E-state index contributed by atoms with van der Waals surface area (Å²) in [5.74, 6) is 0.850. The first-order chi connectivity index (χ1) is 12.3. The van der Waals surface area contributed by atoms with Crippen molar-refractivity contribution in [3.63, 3.8) is 0 Å². The Bertz CT molecular complexity index is 988. The molecule has 5 rings (SSSR count). The van der Waals surface area contributed by atoms with Gasteiger partial charge in [-0.3, -0.25) is 4.90 Å². The molecule has 0 bridgehead atoms. The van der Waals surface area contributed by atoms with Crippen LogP contribution in [0.5, 0.6) is 0 Å². The first-order valence-corrected chi connectivity index (χ1v) is 9.27. The van der Waals surface area contributed by atoms with E-state index in [0.717, 1.165) is 48.1 Å². The molecule has 0 fully saturated rings. The highest BCUT2D eigenvalue weighted by Gasteiger charge is 2.20. The van der Waals surface area contributed by atoms with Gasteiger partial charge in [0.25, 0.3) is 0 Å². The van der Waals surface area contributed by atoms with Crippen LogP contribution in [0.25, 0.3) is 16.3 Å². The summed E-state index contributed by atoms with van der Waals surface area (Å²) < 4.78 is 2.07. The van der Waals surface area contributed by atoms with Gasteiger partial charge < -0.3 is 4.40 Å². The number of fused-ring (bicyclic) bond motifs is 2. The van der Waals surface area contributed by atoms with Crippen LogP contribution in [0.15, 0.2) is 54.3 Å². The van der Waals surface area contributed by atoms with Crippen molar-refractivity contribution in [1.29, 1.82) is 0 Å². The standard InChI is InChI=1S/C19H17N5S/c1-2-7-24-13-15(21-18(24)5-1)12-23-8-6-16-14(11-23)10-20-19(22-16)17-4-3-9-25-17/h1-5,7,9-10,13H,6,8,11-12H2. The number of nitrogens with zero attached hydrogens (tertiary/aromatic N) is 5. The topological polar surface area (TPSA) is 46.3 Å². The van der Waals surface area contributed by atoms with Crippen LogP contribution in [0.2, 0.25) is 0 Å². The third-order valence-electron chi connectivity index (χ3n) is 4.55. The molecule has 25 heavy (non-hydrogen) atoms. The van der Waals surface area contributed by atoms with E-state index in [2.05, 4.69) is 31.9 Å². The molecule has 0 amide bonds. The van der Waals surface area contributed by atoms with Crippen molar-refractivity contribution in [1.82, 2.24) is 24.3 Å². The van der Waals surface area contributed by atoms with Gasteiger partial charge in [-0.2, -0.15) is 0 Å². The maximum absolute atomic E-state index is 4.78. The van der Waals surface area contributed by atoms with Gasteiger partial charge in [0, 0.05) is 50.2 Å². The molecule has 1 aliphatic heterocycles. The van der Waals surface area contributed by atoms with Gasteiger partial charge in [0.1, 0.15) is 5.65 Å². The maximum atomic E-state index is 4.78. The molecule has 0 atom stereocenters. The molecular formula is C19H17N5S. The van der Waals surface area contributed by atoms with Crippen molar-refractivity contribution in [3.8, 4) is 10.7 Å². The van der Waals surface area contributed by atoms with Gasteiger partial charge in [0.05, 0.1) is 16.3 Å². The van der Waals surface area contributed by atoms with Gasteiger partial charge in [-0.15, -0.1) is 11.3 Å². The van der Waals surface area contributed by atoms with Crippen molar-refractivity contribution in [2.75, 3.05) is 6.54 Å². The van der Waals surface area contributed by atoms with E-state index in [1.165, 1.54) is 11.3 Å². The fourth-order valence-electron chi connectivity index (χ4n) is 3.33. The zero-order valence-electron chi connectivity index (χ0n) is 13.7. The summed E-state index contributed by atoms with van der Waals surface area (Å²) in [7, 11) is 0. The maximum Gasteiger partial charge on any atom is 0.169 e. The number of thiophene rings is 1. The average Bonchev–Trinajstić information content (AvgIpc) is 3.30. The Labute approximate surface area is 149 Å². The minimum atomic E-state index is 0.850. The minimum Gasteiger partial charge on any atom is -0.307 e. The normalized spacial score (nSPS) is 14.7. The average molecular weight is 347 g/mol. The second-order valence-corrected chi connectivity index (χ2v) is 7.25. The SMILES string of the molecule is c1csc(-c2ncc3c(n2)CCN(Cc2cn4ccccc4n2)C3)c1. The molecule has 1 aliphatic rings. The van der Waals surface area contributed by atoms with Gasteiger partial charge in [0.15, 0.2) is 5.82 Å². The molecule has 0 radical (unpaired) electrons. The quantitative estimate of drug-likeness (QED) is 0.570. The van der Waals surface area contributed by atoms with Crippen LogP contribution in [0.3, 0.4) is 0 Å². The summed E-state index contributed by atoms with van der Waals surface area (Å²) in [5, 5.41) is 2.06. The molecule has 0 saturated carbocycles. The third kappa shape index (κ3) is 2.83. The van der Waals surface area contributed by atoms with Gasteiger partial charge in [-0.25, -0.2) is 15.0 Å². The Morgan fingerprint density at radius 2 is 2.12 bits per heavy atom. The fraction of sp³-hybridized carbons (Fsp3) is 0.211. The highest BCUT2D eigenvalue weighted by molar-refractivity contribution is 7.13. The van der Waals surface area contributed by atoms with Gasteiger partial charge in [-0.1, -0.05) is 12.1 Å². The zero-order valence-corrected chi connectivity index (χ0v) is 14.5. The van der Waals surface area contributed by atoms with E-state index in [-0.39, 0.29) is 0 Å². The minimum absolute atomic E-state index is 0.850. The van der Waals surface area contributed by atoms with E-state index in [9.17, 15) is 0 Å². The lowest BCUT2D eigenvalue weighted by atomic mass is 10.1. The molecule has 0 aromatic carbocycles. The third-order valence-corrected chi connectivity index (χ3v) is 5.42. The molecular weight excluding hydrogens is 330 g/mol. The molecule has 0 N–H and O–H groups in total. The highest BCUT2D eigenvalue weighted by atomic mass is 32.1. The molecule has 0 spiro atoms.